The molecule has 124 valence electrons. The van der Waals surface area contributed by atoms with Crippen LogP contribution in [-0.4, -0.2) is 49.1 Å². The Labute approximate surface area is 132 Å². The molecule has 22 heavy (non-hydrogen) atoms. The fourth-order valence-electron chi connectivity index (χ4n) is 2.86. The predicted octanol–water partition coefficient (Wildman–Crippen LogP) is 1.46. The molecule has 1 N–H and O–H groups in total. The van der Waals surface area contributed by atoms with E-state index in [0.29, 0.717) is 12.5 Å². The molecule has 0 aliphatic heterocycles. The molecule has 0 saturated heterocycles. The zero-order valence-electron chi connectivity index (χ0n) is 13.9. The molecule has 0 bridgehead atoms. The molecule has 0 atom stereocenters. The fraction of sp³-hybridized carbons (Fsp3) is 0.812. The Morgan fingerprint density at radius 1 is 1.36 bits per heavy atom. The highest BCUT2D eigenvalue weighted by atomic mass is 16.5. The van der Waals surface area contributed by atoms with E-state index in [0.717, 1.165) is 32.2 Å². The lowest BCUT2D eigenvalue weighted by Gasteiger charge is -2.27. The number of ether oxygens (including phenoxy) is 1. The van der Waals surface area contributed by atoms with E-state index in [1.807, 2.05) is 4.90 Å². The van der Waals surface area contributed by atoms with Crippen LogP contribution >= 0.6 is 0 Å². The Balaban J connectivity index is 2.54. The van der Waals surface area contributed by atoms with Gasteiger partial charge in [-0.1, -0.05) is 13.8 Å². The molecule has 0 unspecified atom stereocenters. The summed E-state index contributed by atoms with van der Waals surface area (Å²) in [5.74, 6) is -0.0331. The number of carbonyl (C=O) groups excluding carboxylic acids is 2. The van der Waals surface area contributed by atoms with Crippen molar-refractivity contribution >= 4 is 11.9 Å². The number of hydrogen-bond acceptors (Lipinski definition) is 5. The van der Waals surface area contributed by atoms with Gasteiger partial charge in [0.15, 0.2) is 0 Å². The summed E-state index contributed by atoms with van der Waals surface area (Å²) in [4.78, 5) is 25.5. The maximum Gasteiger partial charge on any atom is 0.306 e. The lowest BCUT2D eigenvalue weighted by Crippen LogP contribution is -2.49. The summed E-state index contributed by atoms with van der Waals surface area (Å²) in [6.45, 7) is 5.55. The van der Waals surface area contributed by atoms with Gasteiger partial charge in [-0.25, -0.2) is 0 Å². The summed E-state index contributed by atoms with van der Waals surface area (Å²) in [6.07, 6.45) is 3.67. The van der Waals surface area contributed by atoms with Gasteiger partial charge in [0.05, 0.1) is 26.1 Å². The van der Waals surface area contributed by atoms with Crippen molar-refractivity contribution < 1.29 is 14.3 Å². The SMILES string of the molecule is COC(=O)CCN(CC(=O)NC1(C#N)CCCC1)CC(C)C. The Morgan fingerprint density at radius 3 is 2.50 bits per heavy atom. The molecule has 0 radical (unpaired) electrons. The van der Waals surface area contributed by atoms with E-state index in [-0.39, 0.29) is 24.8 Å². The second-order valence-corrected chi connectivity index (χ2v) is 6.40. The Hall–Kier alpha value is -1.61. The molecule has 1 saturated carbocycles. The molecule has 0 spiro atoms. The van der Waals surface area contributed by atoms with Gasteiger partial charge < -0.3 is 10.1 Å². The van der Waals surface area contributed by atoms with Crippen molar-refractivity contribution in [2.45, 2.75) is 51.5 Å². The Kier molecular flexibility index (Phi) is 7.33. The topological polar surface area (TPSA) is 82.4 Å². The van der Waals surface area contributed by atoms with Crippen LogP contribution in [0.1, 0.15) is 46.0 Å². The number of nitriles is 1. The number of carbonyl (C=O) groups is 2. The molecule has 0 aromatic carbocycles. The van der Waals surface area contributed by atoms with Gasteiger partial charge in [-0.3, -0.25) is 14.5 Å². The third-order valence-electron chi connectivity index (χ3n) is 3.90. The van der Waals surface area contributed by atoms with Crippen LogP contribution in [0.15, 0.2) is 0 Å². The standard InChI is InChI=1S/C16H27N3O3/c1-13(2)10-19(9-6-15(21)22-3)11-14(20)18-16(12-17)7-4-5-8-16/h13H,4-11H2,1-3H3,(H,18,20). The fourth-order valence-corrected chi connectivity index (χ4v) is 2.86. The van der Waals surface area contributed by atoms with E-state index < -0.39 is 5.54 Å². The van der Waals surface area contributed by atoms with Crippen LogP contribution in [0.5, 0.6) is 0 Å². The van der Waals surface area contributed by atoms with Crippen LogP contribution in [0.2, 0.25) is 0 Å². The molecule has 1 rings (SSSR count). The zero-order chi connectivity index (χ0) is 16.6. The number of nitrogens with zero attached hydrogens (tertiary/aromatic N) is 2. The molecule has 0 aromatic heterocycles. The van der Waals surface area contributed by atoms with Crippen molar-refractivity contribution in [1.29, 1.82) is 5.26 Å². The quantitative estimate of drug-likeness (QED) is 0.686. The van der Waals surface area contributed by atoms with E-state index >= 15 is 0 Å². The lowest BCUT2D eigenvalue weighted by molar-refractivity contribution is -0.141. The average Bonchev–Trinajstić information content (AvgIpc) is 2.92. The molecule has 1 fully saturated rings. The van der Waals surface area contributed by atoms with Gasteiger partial charge in [0.25, 0.3) is 0 Å². The monoisotopic (exact) mass is 309 g/mol. The van der Waals surface area contributed by atoms with Crippen molar-refractivity contribution in [3.8, 4) is 6.07 Å². The molecular weight excluding hydrogens is 282 g/mol. The first-order valence-corrected chi connectivity index (χ1v) is 7.92. The first-order valence-electron chi connectivity index (χ1n) is 7.92. The molecule has 1 aliphatic rings. The highest BCUT2D eigenvalue weighted by molar-refractivity contribution is 5.79. The van der Waals surface area contributed by atoms with E-state index in [1.165, 1.54) is 7.11 Å². The summed E-state index contributed by atoms with van der Waals surface area (Å²) in [5.41, 5.74) is -0.692. The second-order valence-electron chi connectivity index (χ2n) is 6.40. The number of esters is 1. The van der Waals surface area contributed by atoms with Gasteiger partial charge in [-0.05, 0) is 31.6 Å². The normalized spacial score (nSPS) is 16.5. The summed E-state index contributed by atoms with van der Waals surface area (Å²) < 4.78 is 4.64. The van der Waals surface area contributed by atoms with E-state index in [9.17, 15) is 14.9 Å². The molecule has 0 heterocycles. The molecule has 6 nitrogen and oxygen atoms in total. The third-order valence-corrected chi connectivity index (χ3v) is 3.90. The van der Waals surface area contributed by atoms with Crippen LogP contribution in [0, 0.1) is 17.2 Å². The summed E-state index contributed by atoms with van der Waals surface area (Å²) in [5, 5.41) is 12.2. The Morgan fingerprint density at radius 2 is 2.00 bits per heavy atom. The molecule has 0 aromatic rings. The van der Waals surface area contributed by atoms with Gasteiger partial charge in [0.2, 0.25) is 5.91 Å². The van der Waals surface area contributed by atoms with Crippen LogP contribution in [0.4, 0.5) is 0 Å². The third kappa shape index (κ3) is 6.02. The maximum atomic E-state index is 12.2. The minimum Gasteiger partial charge on any atom is -0.469 e. The van der Waals surface area contributed by atoms with E-state index in [4.69, 9.17) is 0 Å². The second kappa shape index (κ2) is 8.74. The highest BCUT2D eigenvalue weighted by Gasteiger charge is 2.35. The van der Waals surface area contributed by atoms with Gasteiger partial charge in [-0.15, -0.1) is 0 Å². The zero-order valence-corrected chi connectivity index (χ0v) is 13.9. The Bertz CT molecular complexity index is 423. The van der Waals surface area contributed by atoms with Crippen LogP contribution in [0.3, 0.4) is 0 Å². The summed E-state index contributed by atoms with van der Waals surface area (Å²) >= 11 is 0. The molecule has 1 amide bonds. The number of methoxy groups -OCH3 is 1. The van der Waals surface area contributed by atoms with Gasteiger partial charge in [0, 0.05) is 13.1 Å². The van der Waals surface area contributed by atoms with Gasteiger partial charge in [-0.2, -0.15) is 5.26 Å². The lowest BCUT2D eigenvalue weighted by atomic mass is 10.00. The first kappa shape index (κ1) is 18.4. The van der Waals surface area contributed by atoms with E-state index in [2.05, 4.69) is 30.0 Å². The number of rotatable bonds is 8. The minimum absolute atomic E-state index is 0.144. The van der Waals surface area contributed by atoms with Gasteiger partial charge in [0.1, 0.15) is 5.54 Å². The maximum absolute atomic E-state index is 12.2. The summed E-state index contributed by atoms with van der Waals surface area (Å²) in [6, 6.07) is 2.26. The highest BCUT2D eigenvalue weighted by Crippen LogP contribution is 2.28. The van der Waals surface area contributed by atoms with Crippen LogP contribution in [0.25, 0.3) is 0 Å². The van der Waals surface area contributed by atoms with Crippen molar-refractivity contribution in [3.63, 3.8) is 0 Å². The number of hydrogen-bond donors (Lipinski definition) is 1. The predicted molar refractivity (Wildman–Crippen MR) is 82.9 cm³/mol. The van der Waals surface area contributed by atoms with Crippen molar-refractivity contribution in [2.24, 2.45) is 5.92 Å². The van der Waals surface area contributed by atoms with Crippen molar-refractivity contribution in [2.75, 3.05) is 26.7 Å². The van der Waals surface area contributed by atoms with Crippen LogP contribution in [-0.2, 0) is 14.3 Å². The minimum atomic E-state index is -0.692. The first-order chi connectivity index (χ1) is 10.4. The van der Waals surface area contributed by atoms with Crippen molar-refractivity contribution in [3.05, 3.63) is 0 Å². The largest absolute Gasteiger partial charge is 0.469 e. The number of amides is 1. The number of nitrogens with one attached hydrogen (secondary N) is 1. The summed E-state index contributed by atoms with van der Waals surface area (Å²) in [7, 11) is 1.36. The average molecular weight is 309 g/mol. The molecule has 1 aliphatic carbocycles. The van der Waals surface area contributed by atoms with Crippen LogP contribution < -0.4 is 5.32 Å². The van der Waals surface area contributed by atoms with E-state index in [1.54, 1.807) is 0 Å². The van der Waals surface area contributed by atoms with Gasteiger partial charge >= 0.3 is 5.97 Å². The smallest absolute Gasteiger partial charge is 0.306 e. The molecular formula is C16H27N3O3. The van der Waals surface area contributed by atoms with Crippen molar-refractivity contribution in [1.82, 2.24) is 10.2 Å². The molecule has 6 heteroatoms.